The summed E-state index contributed by atoms with van der Waals surface area (Å²) in [6, 6.07) is 14.3. The quantitative estimate of drug-likeness (QED) is 0.742. The van der Waals surface area contributed by atoms with Crippen molar-refractivity contribution in [2.75, 3.05) is 0 Å². The Morgan fingerprint density at radius 3 is 2.48 bits per heavy atom. The van der Waals surface area contributed by atoms with E-state index in [2.05, 4.69) is 16.4 Å². The molecule has 3 aromatic rings. The van der Waals surface area contributed by atoms with Crippen molar-refractivity contribution in [3.05, 3.63) is 70.7 Å². The summed E-state index contributed by atoms with van der Waals surface area (Å²) in [5, 5.41) is 17.3. The minimum atomic E-state index is -0.278. The van der Waals surface area contributed by atoms with Gasteiger partial charge in [0.05, 0.1) is 6.54 Å². The molecular formula is C18H15FN4. The molecule has 0 radical (unpaired) electrons. The molecule has 0 N–H and O–H groups in total. The zero-order chi connectivity index (χ0) is 16.4. The van der Waals surface area contributed by atoms with E-state index in [1.165, 1.54) is 17.7 Å². The second-order valence-corrected chi connectivity index (χ2v) is 5.48. The number of nitrogens with zero attached hydrogens (tertiary/aromatic N) is 4. The van der Waals surface area contributed by atoms with Crippen LogP contribution >= 0.6 is 0 Å². The topological polar surface area (TPSA) is 54.5 Å². The van der Waals surface area contributed by atoms with Gasteiger partial charge in [-0.2, -0.15) is 5.26 Å². The predicted octanol–water partition coefficient (Wildman–Crippen LogP) is 3.62. The van der Waals surface area contributed by atoms with Gasteiger partial charge in [-0.15, -0.1) is 5.10 Å². The second-order valence-electron chi connectivity index (χ2n) is 5.48. The Bertz CT molecular complexity index is 888. The van der Waals surface area contributed by atoms with E-state index in [1.54, 1.807) is 16.8 Å². The van der Waals surface area contributed by atoms with Crippen LogP contribution in [0, 0.1) is 31.0 Å². The third kappa shape index (κ3) is 2.97. The Morgan fingerprint density at radius 1 is 1.09 bits per heavy atom. The van der Waals surface area contributed by atoms with Gasteiger partial charge in [0.15, 0.2) is 5.69 Å². The highest BCUT2D eigenvalue weighted by Gasteiger charge is 2.15. The van der Waals surface area contributed by atoms with E-state index < -0.39 is 0 Å². The minimum absolute atomic E-state index is 0.278. The van der Waals surface area contributed by atoms with Gasteiger partial charge < -0.3 is 0 Å². The lowest BCUT2D eigenvalue weighted by Crippen LogP contribution is -2.04. The predicted molar refractivity (Wildman–Crippen MR) is 85.1 cm³/mol. The second kappa shape index (κ2) is 6.01. The van der Waals surface area contributed by atoms with Gasteiger partial charge in [0.2, 0.25) is 0 Å². The molecule has 0 unspecified atom stereocenters. The van der Waals surface area contributed by atoms with Crippen LogP contribution in [-0.2, 0) is 6.54 Å². The van der Waals surface area contributed by atoms with Gasteiger partial charge in [-0.05, 0) is 48.7 Å². The van der Waals surface area contributed by atoms with Crippen molar-refractivity contribution >= 4 is 0 Å². The molecule has 2 aromatic carbocycles. The zero-order valence-corrected chi connectivity index (χ0v) is 12.9. The summed E-state index contributed by atoms with van der Waals surface area (Å²) in [5.41, 5.74) is 5.09. The van der Waals surface area contributed by atoms with Gasteiger partial charge >= 0.3 is 0 Å². The number of aryl methyl sites for hydroxylation is 2. The Morgan fingerprint density at radius 2 is 1.83 bits per heavy atom. The molecule has 114 valence electrons. The molecule has 0 saturated carbocycles. The van der Waals surface area contributed by atoms with E-state index in [-0.39, 0.29) is 11.5 Å². The first kappa shape index (κ1) is 14.9. The van der Waals surface area contributed by atoms with Crippen molar-refractivity contribution < 1.29 is 4.39 Å². The van der Waals surface area contributed by atoms with Crippen LogP contribution in [0.2, 0.25) is 0 Å². The Kier molecular flexibility index (Phi) is 3.90. The van der Waals surface area contributed by atoms with Crippen LogP contribution in [0.25, 0.3) is 11.3 Å². The molecule has 0 spiro atoms. The number of hydrogen-bond acceptors (Lipinski definition) is 3. The number of benzene rings is 2. The average molecular weight is 306 g/mol. The van der Waals surface area contributed by atoms with Gasteiger partial charge in [-0.25, -0.2) is 9.07 Å². The van der Waals surface area contributed by atoms with E-state index in [0.29, 0.717) is 12.2 Å². The number of aromatic nitrogens is 3. The smallest absolute Gasteiger partial charge is 0.190 e. The van der Waals surface area contributed by atoms with Crippen LogP contribution < -0.4 is 0 Å². The lowest BCUT2D eigenvalue weighted by Gasteiger charge is -2.09. The van der Waals surface area contributed by atoms with Gasteiger partial charge in [0.25, 0.3) is 0 Å². The third-order valence-corrected chi connectivity index (χ3v) is 3.87. The average Bonchev–Trinajstić information content (AvgIpc) is 2.95. The maximum absolute atomic E-state index is 13.0. The molecule has 1 aromatic heterocycles. The maximum atomic E-state index is 13.0. The summed E-state index contributed by atoms with van der Waals surface area (Å²) in [6.45, 7) is 4.49. The van der Waals surface area contributed by atoms with E-state index in [9.17, 15) is 9.65 Å². The van der Waals surface area contributed by atoms with Gasteiger partial charge in [-0.3, -0.25) is 0 Å². The van der Waals surface area contributed by atoms with Crippen molar-refractivity contribution in [3.63, 3.8) is 0 Å². The normalized spacial score (nSPS) is 10.5. The highest BCUT2D eigenvalue weighted by Crippen LogP contribution is 2.25. The molecule has 0 fully saturated rings. The van der Waals surface area contributed by atoms with Crippen molar-refractivity contribution in [2.24, 2.45) is 0 Å². The first-order chi connectivity index (χ1) is 11.1. The van der Waals surface area contributed by atoms with Crippen molar-refractivity contribution in [3.8, 4) is 17.3 Å². The zero-order valence-electron chi connectivity index (χ0n) is 12.9. The molecular weight excluding hydrogens is 291 g/mol. The fourth-order valence-corrected chi connectivity index (χ4v) is 2.44. The highest BCUT2D eigenvalue weighted by molar-refractivity contribution is 5.66. The Balaban J connectivity index is 2.05. The summed E-state index contributed by atoms with van der Waals surface area (Å²) in [5.74, 6) is -0.278. The molecule has 0 atom stereocenters. The van der Waals surface area contributed by atoms with Gasteiger partial charge in [0.1, 0.15) is 17.6 Å². The van der Waals surface area contributed by atoms with Crippen LogP contribution in [0.1, 0.15) is 22.4 Å². The van der Waals surface area contributed by atoms with Crippen LogP contribution in [0.3, 0.4) is 0 Å². The Labute approximate surface area is 133 Å². The number of hydrogen-bond donors (Lipinski definition) is 0. The molecule has 23 heavy (non-hydrogen) atoms. The standard InChI is InChI=1S/C18H15FN4/c1-12-3-6-15(9-13(12)2)18-17(10-20)21-22-23(18)11-14-4-7-16(19)8-5-14/h3-9H,11H2,1-2H3. The minimum Gasteiger partial charge on any atom is -0.239 e. The van der Waals surface area contributed by atoms with Crippen molar-refractivity contribution in [1.29, 1.82) is 5.26 Å². The highest BCUT2D eigenvalue weighted by atomic mass is 19.1. The van der Waals surface area contributed by atoms with Crippen molar-refractivity contribution in [1.82, 2.24) is 15.0 Å². The summed E-state index contributed by atoms with van der Waals surface area (Å²) in [7, 11) is 0. The van der Waals surface area contributed by atoms with Crippen LogP contribution in [0.5, 0.6) is 0 Å². The van der Waals surface area contributed by atoms with E-state index in [1.807, 2.05) is 32.0 Å². The number of halogens is 1. The molecule has 0 saturated heterocycles. The largest absolute Gasteiger partial charge is 0.239 e. The van der Waals surface area contributed by atoms with Gasteiger partial charge in [0, 0.05) is 5.56 Å². The number of nitriles is 1. The third-order valence-electron chi connectivity index (χ3n) is 3.87. The molecule has 3 rings (SSSR count). The molecule has 0 bridgehead atoms. The van der Waals surface area contributed by atoms with E-state index in [4.69, 9.17) is 0 Å². The SMILES string of the molecule is Cc1ccc(-c2c(C#N)nnn2Cc2ccc(F)cc2)cc1C. The molecule has 5 heteroatoms. The lowest BCUT2D eigenvalue weighted by atomic mass is 10.0. The summed E-state index contributed by atoms with van der Waals surface area (Å²) < 4.78 is 14.7. The van der Waals surface area contributed by atoms with E-state index in [0.717, 1.165) is 16.7 Å². The summed E-state index contributed by atoms with van der Waals surface area (Å²) >= 11 is 0. The molecule has 0 aliphatic carbocycles. The maximum Gasteiger partial charge on any atom is 0.190 e. The lowest BCUT2D eigenvalue weighted by molar-refractivity contribution is 0.622. The fraction of sp³-hybridized carbons (Fsp3) is 0.167. The molecule has 4 nitrogen and oxygen atoms in total. The van der Waals surface area contributed by atoms with Crippen LogP contribution in [0.4, 0.5) is 4.39 Å². The van der Waals surface area contributed by atoms with Gasteiger partial charge in [-0.1, -0.05) is 29.5 Å². The van der Waals surface area contributed by atoms with Crippen molar-refractivity contribution in [2.45, 2.75) is 20.4 Å². The molecule has 1 heterocycles. The summed E-state index contributed by atoms with van der Waals surface area (Å²) in [4.78, 5) is 0. The Hall–Kier alpha value is -3.00. The van der Waals surface area contributed by atoms with Crippen LogP contribution in [0.15, 0.2) is 42.5 Å². The molecule has 0 amide bonds. The molecule has 0 aliphatic heterocycles. The molecule has 0 aliphatic rings. The van der Waals surface area contributed by atoms with Crippen LogP contribution in [-0.4, -0.2) is 15.0 Å². The first-order valence-corrected chi connectivity index (χ1v) is 7.24. The monoisotopic (exact) mass is 306 g/mol. The number of rotatable bonds is 3. The van der Waals surface area contributed by atoms with E-state index >= 15 is 0 Å². The fourth-order valence-electron chi connectivity index (χ4n) is 2.44. The summed E-state index contributed by atoms with van der Waals surface area (Å²) in [6.07, 6.45) is 0. The first-order valence-electron chi connectivity index (χ1n) is 7.24.